The average molecular weight is 913 g/mol. The van der Waals surface area contributed by atoms with E-state index in [1.165, 1.54) is 193 Å². The first-order valence-electron chi connectivity index (χ1n) is 28.4. The Morgan fingerprint density at radius 2 is 0.769 bits per heavy atom. The molecule has 6 heteroatoms. The van der Waals surface area contributed by atoms with Crippen molar-refractivity contribution < 1.29 is 24.5 Å². The molecule has 0 aromatic rings. The van der Waals surface area contributed by atoms with Gasteiger partial charge in [0, 0.05) is 12.8 Å². The van der Waals surface area contributed by atoms with Crippen LogP contribution in [0.5, 0.6) is 0 Å². The second-order valence-corrected chi connectivity index (χ2v) is 19.3. The van der Waals surface area contributed by atoms with Crippen molar-refractivity contribution >= 4 is 11.9 Å². The Hall–Kier alpha value is -2.18. The van der Waals surface area contributed by atoms with E-state index < -0.39 is 12.1 Å². The van der Waals surface area contributed by atoms with Crippen LogP contribution in [0.25, 0.3) is 0 Å². The number of allylic oxidation sites excluding steroid dienone is 7. The number of unbranched alkanes of at least 4 members (excludes halogenated alkanes) is 35. The molecule has 65 heavy (non-hydrogen) atoms. The highest BCUT2D eigenvalue weighted by molar-refractivity contribution is 5.76. The summed E-state index contributed by atoms with van der Waals surface area (Å²) in [5.74, 6) is -0.0869. The number of rotatable bonds is 52. The van der Waals surface area contributed by atoms with Gasteiger partial charge >= 0.3 is 5.97 Å². The van der Waals surface area contributed by atoms with E-state index in [2.05, 4.69) is 55.6 Å². The quantitative estimate of drug-likeness (QED) is 0.0321. The van der Waals surface area contributed by atoms with Crippen molar-refractivity contribution in [2.24, 2.45) is 0 Å². The van der Waals surface area contributed by atoms with Gasteiger partial charge in [-0.1, -0.05) is 236 Å². The van der Waals surface area contributed by atoms with Gasteiger partial charge in [0.05, 0.1) is 25.4 Å². The van der Waals surface area contributed by atoms with Gasteiger partial charge in [-0.2, -0.15) is 0 Å². The molecule has 0 aliphatic heterocycles. The van der Waals surface area contributed by atoms with Crippen LogP contribution < -0.4 is 5.32 Å². The summed E-state index contributed by atoms with van der Waals surface area (Å²) < 4.78 is 5.48. The number of amides is 1. The van der Waals surface area contributed by atoms with Crippen LogP contribution in [0.3, 0.4) is 0 Å². The van der Waals surface area contributed by atoms with E-state index in [0.29, 0.717) is 19.4 Å². The standard InChI is InChI=1S/C59H109NO5/c1-3-5-7-9-11-13-15-16-17-18-19-23-26-29-33-37-41-45-49-53-59(64)65-54-50-46-42-38-34-30-27-24-21-20-22-25-28-32-36-40-44-48-52-58(63)60-56(55-61)57(62)51-47-43-39-35-31-14-12-10-8-6-4-2/h11,13,16-17,22,25,47,51,56-57,61-62H,3-10,12,14-15,18-21,23-24,26-46,48-50,52-55H2,1-2H3,(H,60,63)/b13-11-,17-16-,25-22-,51-47+. The van der Waals surface area contributed by atoms with E-state index in [0.717, 1.165) is 70.6 Å². The Labute approximate surface area is 404 Å². The molecule has 0 aliphatic carbocycles. The zero-order valence-corrected chi connectivity index (χ0v) is 43.2. The van der Waals surface area contributed by atoms with E-state index in [1.54, 1.807) is 6.08 Å². The number of hydrogen-bond acceptors (Lipinski definition) is 5. The van der Waals surface area contributed by atoms with Crippen LogP contribution in [0.4, 0.5) is 0 Å². The van der Waals surface area contributed by atoms with Gasteiger partial charge in [0.2, 0.25) is 5.91 Å². The summed E-state index contributed by atoms with van der Waals surface area (Å²) in [5.41, 5.74) is 0. The molecule has 2 atom stereocenters. The third kappa shape index (κ3) is 51.1. The summed E-state index contributed by atoms with van der Waals surface area (Å²) in [4.78, 5) is 24.5. The number of carbonyl (C=O) groups excluding carboxylic acids is 2. The lowest BCUT2D eigenvalue weighted by atomic mass is 10.1. The fourth-order valence-corrected chi connectivity index (χ4v) is 8.42. The molecule has 0 spiro atoms. The number of aliphatic hydroxyl groups is 2. The molecule has 0 heterocycles. The molecule has 380 valence electrons. The minimum atomic E-state index is -0.852. The van der Waals surface area contributed by atoms with Crippen molar-refractivity contribution in [3.05, 3.63) is 48.6 Å². The lowest BCUT2D eigenvalue weighted by molar-refractivity contribution is -0.143. The van der Waals surface area contributed by atoms with Crippen LogP contribution in [0, 0.1) is 0 Å². The topological polar surface area (TPSA) is 95.9 Å². The number of esters is 1. The zero-order valence-electron chi connectivity index (χ0n) is 43.2. The van der Waals surface area contributed by atoms with Crippen LogP contribution >= 0.6 is 0 Å². The van der Waals surface area contributed by atoms with Crippen LogP contribution in [-0.2, 0) is 14.3 Å². The number of ether oxygens (including phenoxy) is 1. The predicted octanol–water partition coefficient (Wildman–Crippen LogP) is 17.4. The van der Waals surface area contributed by atoms with E-state index >= 15 is 0 Å². The molecule has 0 aromatic heterocycles. The van der Waals surface area contributed by atoms with Gasteiger partial charge in [0.25, 0.3) is 0 Å². The maximum Gasteiger partial charge on any atom is 0.305 e. The van der Waals surface area contributed by atoms with Crippen molar-refractivity contribution in [3.8, 4) is 0 Å². The van der Waals surface area contributed by atoms with Crippen LogP contribution in [-0.4, -0.2) is 47.4 Å². The highest BCUT2D eigenvalue weighted by atomic mass is 16.5. The van der Waals surface area contributed by atoms with Gasteiger partial charge in [-0.25, -0.2) is 0 Å². The third-order valence-electron chi connectivity index (χ3n) is 12.8. The Balaban J connectivity index is 3.45. The van der Waals surface area contributed by atoms with Crippen molar-refractivity contribution in [1.29, 1.82) is 0 Å². The normalized spacial score (nSPS) is 13.0. The molecule has 0 rings (SSSR count). The molecule has 0 saturated carbocycles. The Morgan fingerprint density at radius 3 is 1.22 bits per heavy atom. The molecule has 0 aliphatic rings. The van der Waals surface area contributed by atoms with Crippen molar-refractivity contribution in [3.63, 3.8) is 0 Å². The van der Waals surface area contributed by atoms with E-state index in [1.807, 2.05) is 6.08 Å². The highest BCUT2D eigenvalue weighted by Gasteiger charge is 2.18. The molecule has 1 amide bonds. The number of carbonyl (C=O) groups is 2. The molecule has 0 saturated heterocycles. The van der Waals surface area contributed by atoms with Gasteiger partial charge in [-0.3, -0.25) is 9.59 Å². The maximum absolute atomic E-state index is 12.4. The lowest BCUT2D eigenvalue weighted by Gasteiger charge is -2.20. The maximum atomic E-state index is 12.4. The van der Waals surface area contributed by atoms with Crippen LogP contribution in [0.15, 0.2) is 48.6 Å². The van der Waals surface area contributed by atoms with E-state index in [-0.39, 0.29) is 18.5 Å². The average Bonchev–Trinajstić information content (AvgIpc) is 3.31. The smallest absolute Gasteiger partial charge is 0.305 e. The van der Waals surface area contributed by atoms with E-state index in [4.69, 9.17) is 4.74 Å². The van der Waals surface area contributed by atoms with Gasteiger partial charge in [0.15, 0.2) is 0 Å². The Bertz CT molecular complexity index is 1100. The molecule has 0 fully saturated rings. The molecule has 0 bridgehead atoms. The minimum Gasteiger partial charge on any atom is -0.466 e. The fraction of sp³-hybridized carbons (Fsp3) is 0.831. The first kappa shape index (κ1) is 62.8. The van der Waals surface area contributed by atoms with E-state index in [9.17, 15) is 19.8 Å². The van der Waals surface area contributed by atoms with Crippen LogP contribution in [0.2, 0.25) is 0 Å². The summed E-state index contributed by atoms with van der Waals surface area (Å²) in [6.45, 7) is 4.84. The lowest BCUT2D eigenvalue weighted by Crippen LogP contribution is -2.45. The summed E-state index contributed by atoms with van der Waals surface area (Å²) in [5, 5.41) is 23.0. The first-order chi connectivity index (χ1) is 32.0. The zero-order chi connectivity index (χ0) is 47.2. The van der Waals surface area contributed by atoms with Gasteiger partial charge < -0.3 is 20.3 Å². The third-order valence-corrected chi connectivity index (χ3v) is 12.8. The number of hydrogen-bond donors (Lipinski definition) is 3. The molecule has 2 unspecified atom stereocenters. The first-order valence-corrected chi connectivity index (χ1v) is 28.4. The molecule has 3 N–H and O–H groups in total. The second kappa shape index (κ2) is 54.4. The predicted molar refractivity (Wildman–Crippen MR) is 282 cm³/mol. The fourth-order valence-electron chi connectivity index (χ4n) is 8.42. The minimum absolute atomic E-state index is 0.00240. The Morgan fingerprint density at radius 1 is 0.431 bits per heavy atom. The summed E-state index contributed by atoms with van der Waals surface area (Å²) in [7, 11) is 0. The van der Waals surface area contributed by atoms with Crippen molar-refractivity contribution in [2.75, 3.05) is 13.2 Å². The number of aliphatic hydroxyl groups excluding tert-OH is 2. The van der Waals surface area contributed by atoms with Crippen molar-refractivity contribution in [1.82, 2.24) is 5.32 Å². The highest BCUT2D eigenvalue weighted by Crippen LogP contribution is 2.15. The van der Waals surface area contributed by atoms with Crippen molar-refractivity contribution in [2.45, 2.75) is 302 Å². The molecule has 0 aromatic carbocycles. The van der Waals surface area contributed by atoms with Gasteiger partial charge in [-0.05, 0) is 89.9 Å². The molecular formula is C59H109NO5. The number of nitrogens with one attached hydrogen (secondary N) is 1. The second-order valence-electron chi connectivity index (χ2n) is 19.3. The molecule has 6 nitrogen and oxygen atoms in total. The molecule has 0 radical (unpaired) electrons. The Kier molecular flexibility index (Phi) is 52.6. The summed E-state index contributed by atoms with van der Waals surface area (Å²) in [6, 6.07) is -0.637. The summed E-state index contributed by atoms with van der Waals surface area (Å²) >= 11 is 0. The summed E-state index contributed by atoms with van der Waals surface area (Å²) in [6.07, 6.45) is 68.4. The van der Waals surface area contributed by atoms with Crippen LogP contribution in [0.1, 0.15) is 290 Å². The monoisotopic (exact) mass is 912 g/mol. The van der Waals surface area contributed by atoms with Gasteiger partial charge in [0.1, 0.15) is 0 Å². The SMILES string of the molecule is CCCCC/C=C\C/C=C\CCCCCCCCCCCC(=O)OCCCCCCCCCCC/C=C\CCCCCCCC(=O)NC(CO)C(O)/C=C/CCCCCCCCCCC. The molecular weight excluding hydrogens is 803 g/mol. The van der Waals surface area contributed by atoms with Gasteiger partial charge in [-0.15, -0.1) is 0 Å². The largest absolute Gasteiger partial charge is 0.466 e.